The van der Waals surface area contributed by atoms with Gasteiger partial charge in [-0.2, -0.15) is 0 Å². The Kier molecular flexibility index (Phi) is 8.24. The molecule has 1 unspecified atom stereocenters. The van der Waals surface area contributed by atoms with Crippen molar-refractivity contribution in [2.45, 2.75) is 12.6 Å². The summed E-state index contributed by atoms with van der Waals surface area (Å²) in [4.78, 5) is 30.5. The maximum absolute atomic E-state index is 13.4. The first kappa shape index (κ1) is 26.5. The van der Waals surface area contributed by atoms with Crippen LogP contribution in [0, 0.1) is 0 Å². The molecule has 8 nitrogen and oxygen atoms in total. The van der Waals surface area contributed by atoms with Gasteiger partial charge in [0.05, 0.1) is 31.9 Å². The van der Waals surface area contributed by atoms with Crippen LogP contribution >= 0.6 is 0 Å². The molecule has 0 saturated carbocycles. The number of likely N-dealkylation sites (tertiary alicyclic amines) is 1. The number of rotatable bonds is 9. The van der Waals surface area contributed by atoms with Gasteiger partial charge in [-0.1, -0.05) is 42.5 Å². The zero-order valence-corrected chi connectivity index (χ0v) is 21.9. The first-order chi connectivity index (χ1) is 19.0. The van der Waals surface area contributed by atoms with E-state index in [0.717, 1.165) is 18.7 Å². The minimum atomic E-state index is -0.756. The average molecular weight is 529 g/mol. The number of methoxy groups -OCH3 is 1. The minimum absolute atomic E-state index is 0.0624. The Balaban J connectivity index is 1.49. The second kappa shape index (κ2) is 12.1. The molecule has 39 heavy (non-hydrogen) atoms. The van der Waals surface area contributed by atoms with Crippen LogP contribution in [0.5, 0.6) is 11.5 Å². The zero-order chi connectivity index (χ0) is 27.2. The molecule has 0 aromatic heterocycles. The largest absolute Gasteiger partial charge is 0.507 e. The predicted molar refractivity (Wildman–Crippen MR) is 146 cm³/mol. The third kappa shape index (κ3) is 5.97. The first-order valence-corrected chi connectivity index (χ1v) is 13.0. The molecule has 8 heteroatoms. The summed E-state index contributed by atoms with van der Waals surface area (Å²) in [6.07, 6.45) is 0. The number of aliphatic hydroxyl groups excluding tert-OH is 1. The van der Waals surface area contributed by atoms with Gasteiger partial charge in [0.25, 0.3) is 11.7 Å². The fourth-order valence-electron chi connectivity index (χ4n) is 4.95. The number of hydrogen-bond acceptors (Lipinski definition) is 7. The molecular formula is C31H32N2O6. The monoisotopic (exact) mass is 528 g/mol. The SMILES string of the molecule is COc1ccc(/C(O)=C2\C(=O)C(=O)N(CCN3CCOCC3)C2c2cccc(OCc3ccccc3)c2)cc1. The normalized spacial score (nSPS) is 19.3. The molecule has 0 aliphatic carbocycles. The van der Waals surface area contributed by atoms with Gasteiger partial charge in [-0.05, 0) is 47.5 Å². The smallest absolute Gasteiger partial charge is 0.295 e. The van der Waals surface area contributed by atoms with Crippen molar-refractivity contribution in [1.82, 2.24) is 9.80 Å². The van der Waals surface area contributed by atoms with Crippen LogP contribution in [-0.4, -0.2) is 73.1 Å². The van der Waals surface area contributed by atoms with Crippen LogP contribution in [0.15, 0.2) is 84.4 Å². The Morgan fingerprint density at radius 1 is 0.923 bits per heavy atom. The van der Waals surface area contributed by atoms with E-state index in [9.17, 15) is 14.7 Å². The molecule has 202 valence electrons. The number of Topliss-reactive ketones (excluding diaryl/α,β-unsaturated/α-hetero) is 1. The van der Waals surface area contributed by atoms with Crippen molar-refractivity contribution in [3.05, 3.63) is 101 Å². The summed E-state index contributed by atoms with van der Waals surface area (Å²) in [5, 5.41) is 11.3. The molecule has 3 aromatic rings. The molecule has 1 N–H and O–H groups in total. The highest BCUT2D eigenvalue weighted by Gasteiger charge is 2.46. The van der Waals surface area contributed by atoms with E-state index in [2.05, 4.69) is 4.90 Å². The minimum Gasteiger partial charge on any atom is -0.507 e. The lowest BCUT2D eigenvalue weighted by atomic mass is 9.95. The van der Waals surface area contributed by atoms with Crippen molar-refractivity contribution < 1.29 is 28.9 Å². The summed E-state index contributed by atoms with van der Waals surface area (Å²) in [7, 11) is 1.56. The van der Waals surface area contributed by atoms with E-state index < -0.39 is 17.7 Å². The van der Waals surface area contributed by atoms with Gasteiger partial charge in [0.15, 0.2) is 0 Å². The molecule has 0 radical (unpaired) electrons. The maximum atomic E-state index is 13.4. The van der Waals surface area contributed by atoms with Gasteiger partial charge < -0.3 is 24.2 Å². The van der Waals surface area contributed by atoms with Gasteiger partial charge in [0, 0.05) is 31.7 Å². The predicted octanol–water partition coefficient (Wildman–Crippen LogP) is 4.03. The molecule has 1 atom stereocenters. The van der Waals surface area contributed by atoms with E-state index in [0.29, 0.717) is 55.5 Å². The number of morpholine rings is 1. The summed E-state index contributed by atoms with van der Waals surface area (Å²) in [5.41, 5.74) is 2.21. The number of aliphatic hydroxyl groups is 1. The van der Waals surface area contributed by atoms with Gasteiger partial charge in [0.1, 0.15) is 23.9 Å². The Hall–Kier alpha value is -4.14. The zero-order valence-electron chi connectivity index (χ0n) is 21.9. The van der Waals surface area contributed by atoms with Crippen LogP contribution in [0.3, 0.4) is 0 Å². The van der Waals surface area contributed by atoms with Crippen molar-refractivity contribution in [3.8, 4) is 11.5 Å². The standard InChI is InChI=1S/C31H32N2O6/c1-37-25-12-10-23(11-13-25)29(34)27-28(33(31(36)30(27)35)15-14-32-16-18-38-19-17-32)24-8-5-9-26(20-24)39-21-22-6-3-2-4-7-22/h2-13,20,28,34H,14-19,21H2,1H3/b29-27+. The number of carbonyl (C=O) groups is 2. The van der Waals surface area contributed by atoms with Gasteiger partial charge >= 0.3 is 0 Å². The lowest BCUT2D eigenvalue weighted by molar-refractivity contribution is -0.140. The molecular weight excluding hydrogens is 496 g/mol. The summed E-state index contributed by atoms with van der Waals surface area (Å²) in [6.45, 7) is 4.13. The highest BCUT2D eigenvalue weighted by Crippen LogP contribution is 2.40. The van der Waals surface area contributed by atoms with Crippen LogP contribution in [0.1, 0.15) is 22.7 Å². The molecule has 3 aromatic carbocycles. The molecule has 2 heterocycles. The lowest BCUT2D eigenvalue weighted by Gasteiger charge is -2.31. The van der Waals surface area contributed by atoms with Gasteiger partial charge in [-0.3, -0.25) is 14.5 Å². The Labute approximate surface area is 228 Å². The van der Waals surface area contributed by atoms with Crippen molar-refractivity contribution in [2.24, 2.45) is 0 Å². The number of ketones is 1. The molecule has 1 amide bonds. The topological polar surface area (TPSA) is 88.5 Å². The molecule has 2 fully saturated rings. The van der Waals surface area contributed by atoms with Crippen molar-refractivity contribution >= 4 is 17.4 Å². The summed E-state index contributed by atoms with van der Waals surface area (Å²) in [5.74, 6) is -0.313. The van der Waals surface area contributed by atoms with Crippen LogP contribution < -0.4 is 9.47 Å². The second-order valence-electron chi connectivity index (χ2n) is 9.52. The van der Waals surface area contributed by atoms with Crippen molar-refractivity contribution in [2.75, 3.05) is 46.5 Å². The van der Waals surface area contributed by atoms with Crippen molar-refractivity contribution in [1.29, 1.82) is 0 Å². The molecule has 2 saturated heterocycles. The van der Waals surface area contributed by atoms with Crippen LogP contribution in [0.2, 0.25) is 0 Å². The van der Waals surface area contributed by atoms with E-state index in [1.807, 2.05) is 54.6 Å². The quantitative estimate of drug-likeness (QED) is 0.255. The summed E-state index contributed by atoms with van der Waals surface area (Å²) < 4.78 is 16.7. The highest BCUT2D eigenvalue weighted by molar-refractivity contribution is 6.46. The average Bonchev–Trinajstić information content (AvgIpc) is 3.25. The first-order valence-electron chi connectivity index (χ1n) is 13.0. The Morgan fingerprint density at radius 2 is 1.67 bits per heavy atom. The van der Waals surface area contributed by atoms with E-state index in [1.165, 1.54) is 0 Å². The fourth-order valence-corrected chi connectivity index (χ4v) is 4.95. The lowest BCUT2D eigenvalue weighted by Crippen LogP contribution is -2.42. The van der Waals surface area contributed by atoms with E-state index in [4.69, 9.17) is 14.2 Å². The fraction of sp³-hybridized carbons (Fsp3) is 0.290. The van der Waals surface area contributed by atoms with Gasteiger partial charge in [-0.25, -0.2) is 0 Å². The highest BCUT2D eigenvalue weighted by atomic mass is 16.5. The Morgan fingerprint density at radius 3 is 2.38 bits per heavy atom. The van der Waals surface area contributed by atoms with Crippen LogP contribution in [0.25, 0.3) is 5.76 Å². The van der Waals surface area contributed by atoms with Crippen LogP contribution in [0.4, 0.5) is 0 Å². The van der Waals surface area contributed by atoms with Gasteiger partial charge in [-0.15, -0.1) is 0 Å². The summed E-state index contributed by atoms with van der Waals surface area (Å²) in [6, 6.07) is 23.2. The number of nitrogens with zero attached hydrogens (tertiary/aromatic N) is 2. The molecule has 0 spiro atoms. The van der Waals surface area contributed by atoms with E-state index >= 15 is 0 Å². The van der Waals surface area contributed by atoms with E-state index in [-0.39, 0.29) is 11.3 Å². The summed E-state index contributed by atoms with van der Waals surface area (Å²) >= 11 is 0. The van der Waals surface area contributed by atoms with E-state index in [1.54, 1.807) is 36.3 Å². The maximum Gasteiger partial charge on any atom is 0.295 e. The second-order valence-corrected chi connectivity index (χ2v) is 9.52. The third-order valence-electron chi connectivity index (χ3n) is 7.09. The number of carbonyl (C=O) groups excluding carboxylic acids is 2. The van der Waals surface area contributed by atoms with Crippen LogP contribution in [-0.2, 0) is 20.9 Å². The molecule has 5 rings (SSSR count). The number of ether oxygens (including phenoxy) is 3. The number of amides is 1. The number of hydrogen-bond donors (Lipinski definition) is 1. The van der Waals surface area contributed by atoms with Gasteiger partial charge in [0.2, 0.25) is 0 Å². The number of benzene rings is 3. The molecule has 2 aliphatic rings. The molecule has 2 aliphatic heterocycles. The van der Waals surface area contributed by atoms with Crippen molar-refractivity contribution in [3.63, 3.8) is 0 Å². The molecule has 0 bridgehead atoms. The Bertz CT molecular complexity index is 1330. The third-order valence-corrected chi connectivity index (χ3v) is 7.09.